The number of aromatic hydroxyl groups is 1. The van der Waals surface area contributed by atoms with Crippen LogP contribution in [0, 0.1) is 0 Å². The first-order valence-electron chi connectivity index (χ1n) is 8.88. The molecule has 0 bridgehead atoms. The van der Waals surface area contributed by atoms with Gasteiger partial charge < -0.3 is 24.6 Å². The largest absolute Gasteiger partial charge is 0.493 e. The number of benzene rings is 1. The van der Waals surface area contributed by atoms with Gasteiger partial charge >= 0.3 is 0 Å². The summed E-state index contributed by atoms with van der Waals surface area (Å²) in [5, 5.41) is 24.8. The van der Waals surface area contributed by atoms with E-state index >= 15 is 0 Å². The van der Waals surface area contributed by atoms with Gasteiger partial charge in [0.25, 0.3) is 0 Å². The fourth-order valence-corrected chi connectivity index (χ4v) is 4.86. The smallest absolute Gasteiger partial charge is 0.235 e. The molecule has 27 heavy (non-hydrogen) atoms. The van der Waals surface area contributed by atoms with E-state index in [0.29, 0.717) is 16.5 Å². The summed E-state index contributed by atoms with van der Waals surface area (Å²) in [7, 11) is 3.22. The van der Waals surface area contributed by atoms with E-state index in [1.807, 2.05) is 18.2 Å². The zero-order valence-electron chi connectivity index (χ0n) is 15.3. The maximum absolute atomic E-state index is 10.8. The van der Waals surface area contributed by atoms with Gasteiger partial charge in [0.1, 0.15) is 11.2 Å². The number of ether oxygens (including phenoxy) is 2. The molecule has 1 aromatic carbocycles. The quantitative estimate of drug-likeness (QED) is 0.591. The van der Waals surface area contributed by atoms with Crippen molar-refractivity contribution in [2.75, 3.05) is 27.3 Å². The SMILES string of the molecule is COc1ccc([C@@H](c2sc3ncnn3c2O)[NH+]2CCC(O)CC2)cc1OC. The number of aliphatic hydroxyl groups excluding tert-OH is 1. The third-order valence-electron chi connectivity index (χ3n) is 5.15. The molecule has 1 aliphatic rings. The molecule has 0 unspecified atom stereocenters. The van der Waals surface area contributed by atoms with E-state index in [-0.39, 0.29) is 18.0 Å². The Balaban J connectivity index is 1.81. The predicted molar refractivity (Wildman–Crippen MR) is 99.9 cm³/mol. The minimum Gasteiger partial charge on any atom is -0.493 e. The van der Waals surface area contributed by atoms with Crippen molar-refractivity contribution < 1.29 is 24.6 Å². The molecule has 9 heteroatoms. The minimum atomic E-state index is -0.254. The van der Waals surface area contributed by atoms with Gasteiger partial charge in [0.05, 0.1) is 33.4 Å². The summed E-state index contributed by atoms with van der Waals surface area (Å²) in [5.41, 5.74) is 1.01. The van der Waals surface area contributed by atoms with Crippen molar-refractivity contribution in [2.24, 2.45) is 0 Å². The first-order valence-corrected chi connectivity index (χ1v) is 9.70. The number of quaternary nitrogens is 1. The summed E-state index contributed by atoms with van der Waals surface area (Å²) in [6.07, 6.45) is 2.65. The molecule has 0 amide bonds. The molecule has 4 rings (SSSR count). The molecule has 0 radical (unpaired) electrons. The van der Waals surface area contributed by atoms with E-state index < -0.39 is 0 Å². The van der Waals surface area contributed by atoms with Crippen molar-refractivity contribution in [2.45, 2.75) is 25.0 Å². The Morgan fingerprint density at radius 1 is 1.22 bits per heavy atom. The molecule has 1 fully saturated rings. The predicted octanol–water partition coefficient (Wildman–Crippen LogP) is 0.643. The lowest BCUT2D eigenvalue weighted by molar-refractivity contribution is -0.931. The topological polar surface area (TPSA) is 93.6 Å². The molecule has 0 saturated carbocycles. The maximum Gasteiger partial charge on any atom is 0.235 e. The van der Waals surface area contributed by atoms with Crippen LogP contribution < -0.4 is 14.4 Å². The normalized spacial score (nSPS) is 21.3. The third kappa shape index (κ3) is 3.22. The van der Waals surface area contributed by atoms with Gasteiger partial charge in [0, 0.05) is 18.4 Å². The van der Waals surface area contributed by atoms with Gasteiger partial charge in [0.2, 0.25) is 10.8 Å². The second kappa shape index (κ2) is 7.34. The van der Waals surface area contributed by atoms with E-state index in [9.17, 15) is 10.2 Å². The number of aromatic nitrogens is 3. The Labute approximate surface area is 160 Å². The Bertz CT molecular complexity index is 933. The van der Waals surface area contributed by atoms with E-state index in [2.05, 4.69) is 10.1 Å². The Kier molecular flexibility index (Phi) is 4.90. The highest BCUT2D eigenvalue weighted by Crippen LogP contribution is 2.37. The number of nitrogens with one attached hydrogen (secondary N) is 1. The Hall–Kier alpha value is -2.36. The molecule has 2 aromatic heterocycles. The van der Waals surface area contributed by atoms with Crippen LogP contribution in [0.2, 0.25) is 0 Å². The lowest BCUT2D eigenvalue weighted by Gasteiger charge is -2.33. The summed E-state index contributed by atoms with van der Waals surface area (Å²) in [6, 6.07) is 5.73. The number of likely N-dealkylation sites (tertiary alicyclic amines) is 1. The molecular weight excluding hydrogens is 368 g/mol. The van der Waals surface area contributed by atoms with Crippen LogP contribution in [0.25, 0.3) is 4.96 Å². The zero-order valence-corrected chi connectivity index (χ0v) is 16.1. The molecule has 8 nitrogen and oxygen atoms in total. The van der Waals surface area contributed by atoms with E-state index in [1.165, 1.54) is 27.1 Å². The van der Waals surface area contributed by atoms with E-state index in [1.54, 1.807) is 14.2 Å². The van der Waals surface area contributed by atoms with Crippen LogP contribution in [0.4, 0.5) is 0 Å². The van der Waals surface area contributed by atoms with Gasteiger partial charge in [-0.25, -0.2) is 4.98 Å². The molecule has 3 heterocycles. The number of hydrogen-bond donors (Lipinski definition) is 3. The number of piperidine rings is 1. The monoisotopic (exact) mass is 391 g/mol. The van der Waals surface area contributed by atoms with Gasteiger partial charge in [-0.3, -0.25) is 0 Å². The van der Waals surface area contributed by atoms with Crippen molar-refractivity contribution in [3.63, 3.8) is 0 Å². The first-order chi connectivity index (χ1) is 13.1. The number of rotatable bonds is 5. The standard InChI is InChI=1S/C18H22N4O4S/c1-25-13-4-3-11(9-14(13)26-2)15(21-7-5-12(23)6-8-21)16-17(24)22-18(27-16)19-10-20-22/h3-4,9-10,12,15,23-24H,5-8H2,1-2H3/p+1/t15-/m0/s1. The maximum atomic E-state index is 10.8. The molecule has 3 aromatic rings. The van der Waals surface area contributed by atoms with Crippen molar-refractivity contribution in [1.29, 1.82) is 0 Å². The number of hydrogen-bond acceptors (Lipinski definition) is 7. The molecule has 1 atom stereocenters. The van der Waals surface area contributed by atoms with Crippen LogP contribution >= 0.6 is 11.3 Å². The summed E-state index contributed by atoms with van der Waals surface area (Å²) in [4.78, 5) is 6.96. The number of aliphatic hydroxyl groups is 1. The minimum absolute atomic E-state index is 0.106. The zero-order chi connectivity index (χ0) is 19.0. The van der Waals surface area contributed by atoms with Crippen molar-refractivity contribution in [1.82, 2.24) is 14.6 Å². The second-order valence-corrected chi connectivity index (χ2v) is 7.69. The summed E-state index contributed by atoms with van der Waals surface area (Å²) < 4.78 is 12.3. The lowest BCUT2D eigenvalue weighted by Crippen LogP contribution is -3.13. The highest BCUT2D eigenvalue weighted by Gasteiger charge is 2.35. The van der Waals surface area contributed by atoms with Gasteiger partial charge in [0.15, 0.2) is 17.5 Å². The van der Waals surface area contributed by atoms with Crippen molar-refractivity contribution >= 4 is 16.3 Å². The molecule has 144 valence electrons. The fraction of sp³-hybridized carbons (Fsp3) is 0.444. The van der Waals surface area contributed by atoms with Crippen LogP contribution in [0.15, 0.2) is 24.5 Å². The number of thiazole rings is 1. The summed E-state index contributed by atoms with van der Waals surface area (Å²) in [6.45, 7) is 1.63. The van der Waals surface area contributed by atoms with Crippen LogP contribution in [0.5, 0.6) is 17.4 Å². The third-order valence-corrected chi connectivity index (χ3v) is 6.25. The van der Waals surface area contributed by atoms with Gasteiger partial charge in [-0.1, -0.05) is 11.3 Å². The summed E-state index contributed by atoms with van der Waals surface area (Å²) in [5.74, 6) is 1.43. The van der Waals surface area contributed by atoms with Crippen molar-refractivity contribution in [3.8, 4) is 17.4 Å². The fourth-order valence-electron chi connectivity index (χ4n) is 3.75. The summed E-state index contributed by atoms with van der Waals surface area (Å²) >= 11 is 1.44. The van der Waals surface area contributed by atoms with E-state index in [4.69, 9.17) is 9.47 Å². The van der Waals surface area contributed by atoms with Crippen LogP contribution in [-0.4, -0.2) is 58.2 Å². The van der Waals surface area contributed by atoms with Gasteiger partial charge in [-0.15, -0.1) is 0 Å². The van der Waals surface area contributed by atoms with E-state index in [0.717, 1.165) is 36.4 Å². The highest BCUT2D eigenvalue weighted by molar-refractivity contribution is 7.17. The first kappa shape index (κ1) is 18.0. The Morgan fingerprint density at radius 3 is 2.63 bits per heavy atom. The van der Waals surface area contributed by atoms with Gasteiger partial charge in [-0.2, -0.15) is 9.61 Å². The molecule has 1 saturated heterocycles. The van der Waals surface area contributed by atoms with Crippen LogP contribution in [0.1, 0.15) is 29.3 Å². The highest BCUT2D eigenvalue weighted by atomic mass is 32.1. The number of methoxy groups -OCH3 is 2. The molecule has 3 N–H and O–H groups in total. The average molecular weight is 391 g/mol. The average Bonchev–Trinajstić information content (AvgIpc) is 3.27. The van der Waals surface area contributed by atoms with Crippen molar-refractivity contribution in [3.05, 3.63) is 35.0 Å². The van der Waals surface area contributed by atoms with Crippen LogP contribution in [0.3, 0.4) is 0 Å². The number of fused-ring (bicyclic) bond motifs is 1. The van der Waals surface area contributed by atoms with Gasteiger partial charge in [-0.05, 0) is 18.2 Å². The second-order valence-electron chi connectivity index (χ2n) is 6.68. The van der Waals surface area contributed by atoms with Crippen LogP contribution in [-0.2, 0) is 0 Å². The number of nitrogens with zero attached hydrogens (tertiary/aromatic N) is 3. The lowest BCUT2D eigenvalue weighted by atomic mass is 9.99. The Morgan fingerprint density at radius 2 is 1.96 bits per heavy atom. The molecule has 1 aliphatic heterocycles. The molecule has 0 aliphatic carbocycles. The molecular formula is C18H23N4O4S+. The molecule has 0 spiro atoms.